The van der Waals surface area contributed by atoms with E-state index in [9.17, 15) is 10.2 Å². The Bertz CT molecular complexity index is 1580. The molecule has 0 bridgehead atoms. The fourth-order valence-corrected chi connectivity index (χ4v) is 6.74. The lowest BCUT2D eigenvalue weighted by atomic mass is 9.96. The van der Waals surface area contributed by atoms with Crippen LogP contribution in [0.15, 0.2) is 121 Å². The standard InChI is InChI=1S/C42H50O11/c1-45-37-36(33(23-43)51-41(44)39(37)46-2)53-42-40(50-27-32-21-13-6-14-22-32)38(49-26-31-19-11-5-12-20-31)35(48-25-30-17-9-4-10-18-30)34(52-42)28-47-24-29-15-7-3-8-16-29/h3-22,33-44H,23-28H2,1-2H3/t33-,34-,35+,36-,37+,38+,39-,40-,41+,42+/m1/s1. The van der Waals surface area contributed by atoms with Crippen LogP contribution in [0.4, 0.5) is 0 Å². The van der Waals surface area contributed by atoms with Crippen LogP contribution in [0.2, 0.25) is 0 Å². The zero-order valence-corrected chi connectivity index (χ0v) is 30.1. The largest absolute Gasteiger partial charge is 0.394 e. The number of benzene rings is 4. The summed E-state index contributed by atoms with van der Waals surface area (Å²) < 4.78 is 57.3. The Balaban J connectivity index is 1.36. The van der Waals surface area contributed by atoms with E-state index in [-0.39, 0.29) is 26.4 Å². The van der Waals surface area contributed by atoms with Crippen LogP contribution in [0.25, 0.3) is 0 Å². The van der Waals surface area contributed by atoms with E-state index in [1.54, 1.807) is 0 Å². The van der Waals surface area contributed by atoms with Gasteiger partial charge in [0, 0.05) is 14.2 Å². The maximum atomic E-state index is 10.7. The fraction of sp³-hybridized carbons (Fsp3) is 0.429. The van der Waals surface area contributed by atoms with Gasteiger partial charge in [0.25, 0.3) is 0 Å². The second-order valence-corrected chi connectivity index (χ2v) is 13.1. The monoisotopic (exact) mass is 730 g/mol. The summed E-state index contributed by atoms with van der Waals surface area (Å²) in [6, 6.07) is 39.5. The molecule has 11 nitrogen and oxygen atoms in total. The molecule has 53 heavy (non-hydrogen) atoms. The Morgan fingerprint density at radius 3 is 1.42 bits per heavy atom. The summed E-state index contributed by atoms with van der Waals surface area (Å²) in [5.41, 5.74) is 3.90. The zero-order chi connectivity index (χ0) is 36.8. The molecule has 2 aliphatic rings. The minimum absolute atomic E-state index is 0.141. The van der Waals surface area contributed by atoms with Crippen LogP contribution in [-0.2, 0) is 69.1 Å². The molecule has 2 saturated heterocycles. The van der Waals surface area contributed by atoms with Gasteiger partial charge in [-0.15, -0.1) is 0 Å². The molecule has 0 aliphatic carbocycles. The van der Waals surface area contributed by atoms with E-state index in [0.29, 0.717) is 6.61 Å². The smallest absolute Gasteiger partial charge is 0.187 e. The van der Waals surface area contributed by atoms with Crippen molar-refractivity contribution >= 4 is 0 Å². The molecule has 0 radical (unpaired) electrons. The summed E-state index contributed by atoms with van der Waals surface area (Å²) in [5.74, 6) is 0. The average Bonchev–Trinajstić information content (AvgIpc) is 3.21. The molecule has 2 heterocycles. The Morgan fingerprint density at radius 2 is 0.943 bits per heavy atom. The summed E-state index contributed by atoms with van der Waals surface area (Å²) in [4.78, 5) is 0. The zero-order valence-electron chi connectivity index (χ0n) is 30.1. The van der Waals surface area contributed by atoms with E-state index in [1.165, 1.54) is 14.2 Å². The molecule has 0 saturated carbocycles. The summed E-state index contributed by atoms with van der Waals surface area (Å²) in [5, 5.41) is 21.1. The van der Waals surface area contributed by atoms with Gasteiger partial charge in [-0.25, -0.2) is 0 Å². The lowest BCUT2D eigenvalue weighted by Crippen LogP contribution is -2.66. The molecule has 2 fully saturated rings. The first-order valence-corrected chi connectivity index (χ1v) is 18.0. The number of aliphatic hydroxyl groups is 2. The summed E-state index contributed by atoms with van der Waals surface area (Å²) in [7, 11) is 2.94. The van der Waals surface area contributed by atoms with Gasteiger partial charge in [0.15, 0.2) is 12.6 Å². The number of aliphatic hydroxyl groups excluding tert-OH is 2. The number of hydrogen-bond donors (Lipinski definition) is 2. The minimum Gasteiger partial charge on any atom is -0.394 e. The highest BCUT2D eigenvalue weighted by atomic mass is 16.7. The van der Waals surface area contributed by atoms with Crippen molar-refractivity contribution in [2.75, 3.05) is 27.4 Å². The normalized spacial score (nSPS) is 28.8. The minimum atomic E-state index is -1.35. The molecular formula is C42H50O11. The van der Waals surface area contributed by atoms with Crippen molar-refractivity contribution in [3.05, 3.63) is 144 Å². The van der Waals surface area contributed by atoms with Crippen LogP contribution >= 0.6 is 0 Å². The Morgan fingerprint density at radius 1 is 0.491 bits per heavy atom. The fourth-order valence-electron chi connectivity index (χ4n) is 6.74. The van der Waals surface area contributed by atoms with Crippen molar-refractivity contribution in [3.63, 3.8) is 0 Å². The lowest BCUT2D eigenvalue weighted by Gasteiger charge is -2.49. The van der Waals surface area contributed by atoms with Crippen molar-refractivity contribution in [3.8, 4) is 0 Å². The molecule has 4 aromatic rings. The lowest BCUT2D eigenvalue weighted by molar-refractivity contribution is -0.370. The van der Waals surface area contributed by atoms with Crippen LogP contribution in [0.3, 0.4) is 0 Å². The Kier molecular flexibility index (Phi) is 14.9. The Hall–Kier alpha value is -3.56. The first-order valence-electron chi connectivity index (χ1n) is 18.0. The topological polar surface area (TPSA) is 124 Å². The first-order chi connectivity index (χ1) is 26.1. The summed E-state index contributed by atoms with van der Waals surface area (Å²) in [6.45, 7) is 0.801. The van der Waals surface area contributed by atoms with E-state index in [1.807, 2.05) is 121 Å². The number of rotatable bonds is 18. The van der Waals surface area contributed by atoms with E-state index in [4.69, 9.17) is 42.6 Å². The SMILES string of the molecule is CO[C@@H]1[C@@H](OC)[C@@H](O)O[C@H](CO)[C@H]1O[C@@H]1O[C@H](COCc2ccccc2)[C@H](OCc2ccccc2)[C@H](OCc2ccccc2)[C@H]1OCc1ccccc1. The number of hydrogen-bond acceptors (Lipinski definition) is 11. The molecule has 2 N–H and O–H groups in total. The van der Waals surface area contributed by atoms with E-state index in [2.05, 4.69) is 0 Å². The molecule has 0 unspecified atom stereocenters. The predicted molar refractivity (Wildman–Crippen MR) is 194 cm³/mol. The van der Waals surface area contributed by atoms with Crippen LogP contribution < -0.4 is 0 Å². The van der Waals surface area contributed by atoms with Crippen molar-refractivity contribution in [2.45, 2.75) is 87.8 Å². The summed E-state index contributed by atoms with van der Waals surface area (Å²) >= 11 is 0. The third-order valence-corrected chi connectivity index (χ3v) is 9.47. The second kappa shape index (κ2) is 20.2. The molecule has 0 aromatic heterocycles. The summed E-state index contributed by atoms with van der Waals surface area (Å²) in [6.07, 6.45) is -9.02. The molecule has 11 heteroatoms. The van der Waals surface area contributed by atoms with Crippen LogP contribution in [0, 0.1) is 0 Å². The highest BCUT2D eigenvalue weighted by molar-refractivity contribution is 5.16. The molecule has 2 aliphatic heterocycles. The number of methoxy groups -OCH3 is 2. The molecule has 10 atom stereocenters. The molecule has 284 valence electrons. The van der Waals surface area contributed by atoms with Crippen molar-refractivity contribution < 1.29 is 52.8 Å². The molecule has 0 spiro atoms. The van der Waals surface area contributed by atoms with Crippen LogP contribution in [0.1, 0.15) is 22.3 Å². The first kappa shape index (κ1) is 39.1. The molecule has 0 amide bonds. The molecule has 6 rings (SSSR count). The quantitative estimate of drug-likeness (QED) is 0.147. The van der Waals surface area contributed by atoms with Crippen LogP contribution in [-0.4, -0.2) is 99.1 Å². The van der Waals surface area contributed by atoms with Gasteiger partial charge in [-0.3, -0.25) is 0 Å². The van der Waals surface area contributed by atoms with E-state index >= 15 is 0 Å². The maximum Gasteiger partial charge on any atom is 0.187 e. The van der Waals surface area contributed by atoms with Crippen molar-refractivity contribution in [2.24, 2.45) is 0 Å². The highest BCUT2D eigenvalue weighted by Crippen LogP contribution is 2.35. The Labute approximate surface area is 311 Å². The van der Waals surface area contributed by atoms with Gasteiger partial charge in [0.1, 0.15) is 48.8 Å². The van der Waals surface area contributed by atoms with Gasteiger partial charge in [0.2, 0.25) is 0 Å². The highest BCUT2D eigenvalue weighted by Gasteiger charge is 2.53. The van der Waals surface area contributed by atoms with Gasteiger partial charge in [-0.1, -0.05) is 121 Å². The second-order valence-electron chi connectivity index (χ2n) is 13.1. The third kappa shape index (κ3) is 10.6. The van der Waals surface area contributed by atoms with Gasteiger partial charge in [-0.05, 0) is 22.3 Å². The van der Waals surface area contributed by atoms with Gasteiger partial charge in [-0.2, -0.15) is 0 Å². The number of ether oxygens (including phenoxy) is 9. The predicted octanol–water partition coefficient (Wildman–Crippen LogP) is 4.81. The maximum absolute atomic E-state index is 10.7. The van der Waals surface area contributed by atoms with Gasteiger partial charge < -0.3 is 52.8 Å². The molecular weight excluding hydrogens is 680 g/mol. The van der Waals surface area contributed by atoms with Crippen molar-refractivity contribution in [1.82, 2.24) is 0 Å². The average molecular weight is 731 g/mol. The van der Waals surface area contributed by atoms with E-state index < -0.39 is 68.0 Å². The third-order valence-electron chi connectivity index (χ3n) is 9.47. The van der Waals surface area contributed by atoms with Crippen LogP contribution in [0.5, 0.6) is 0 Å². The van der Waals surface area contributed by atoms with E-state index in [0.717, 1.165) is 22.3 Å². The van der Waals surface area contributed by atoms with Crippen molar-refractivity contribution in [1.29, 1.82) is 0 Å². The van der Waals surface area contributed by atoms with Gasteiger partial charge >= 0.3 is 0 Å². The van der Waals surface area contributed by atoms with Gasteiger partial charge in [0.05, 0.1) is 39.6 Å². The molecule has 4 aromatic carbocycles.